The van der Waals surface area contributed by atoms with Gasteiger partial charge in [0.05, 0.1) is 0 Å². The third-order valence-corrected chi connectivity index (χ3v) is 4.56. The number of anilines is 1. The lowest BCUT2D eigenvalue weighted by atomic mass is 9.82. The van der Waals surface area contributed by atoms with E-state index in [9.17, 15) is 0 Å². The van der Waals surface area contributed by atoms with Crippen LogP contribution in [0.3, 0.4) is 0 Å². The largest absolute Gasteiger partial charge is 0.382 e. The fraction of sp³-hybridized carbons (Fsp3) is 0.444. The molecule has 2 unspecified atom stereocenters. The number of rotatable bonds is 3. The van der Waals surface area contributed by atoms with E-state index in [0.717, 1.165) is 5.92 Å². The van der Waals surface area contributed by atoms with E-state index in [0.29, 0.717) is 6.04 Å². The molecule has 2 atom stereocenters. The standard InChI is InChI=1S/C18H23N/c1-2-14-8-4-6-12-17(14)19-18-13-7-10-15-9-3-5-11-16(15)18/h3,5,7,9-11,13-14,17,19H,2,4,6,8,12H2,1H3. The molecule has 2 aromatic carbocycles. The summed E-state index contributed by atoms with van der Waals surface area (Å²) in [7, 11) is 0. The second-order valence-corrected chi connectivity index (χ2v) is 5.73. The molecule has 0 saturated heterocycles. The number of nitrogens with one attached hydrogen (secondary N) is 1. The first-order valence-electron chi connectivity index (χ1n) is 7.63. The van der Waals surface area contributed by atoms with E-state index < -0.39 is 0 Å². The van der Waals surface area contributed by atoms with Crippen LogP contribution in [-0.4, -0.2) is 6.04 Å². The van der Waals surface area contributed by atoms with Crippen LogP contribution in [0.2, 0.25) is 0 Å². The Kier molecular flexibility index (Phi) is 3.72. The number of hydrogen-bond acceptors (Lipinski definition) is 1. The van der Waals surface area contributed by atoms with Crippen molar-refractivity contribution in [3.05, 3.63) is 42.5 Å². The number of hydrogen-bond donors (Lipinski definition) is 1. The van der Waals surface area contributed by atoms with Crippen molar-refractivity contribution < 1.29 is 0 Å². The third kappa shape index (κ3) is 2.60. The van der Waals surface area contributed by atoms with Crippen LogP contribution in [0.1, 0.15) is 39.0 Å². The average molecular weight is 253 g/mol. The Morgan fingerprint density at radius 1 is 1.00 bits per heavy atom. The minimum absolute atomic E-state index is 0.657. The Morgan fingerprint density at radius 3 is 2.68 bits per heavy atom. The van der Waals surface area contributed by atoms with E-state index >= 15 is 0 Å². The van der Waals surface area contributed by atoms with Crippen molar-refractivity contribution in [2.24, 2.45) is 5.92 Å². The highest BCUT2D eigenvalue weighted by Gasteiger charge is 2.23. The molecule has 0 aromatic heterocycles. The molecule has 1 fully saturated rings. The van der Waals surface area contributed by atoms with Crippen molar-refractivity contribution >= 4 is 16.5 Å². The first kappa shape index (κ1) is 12.5. The second kappa shape index (κ2) is 5.64. The fourth-order valence-electron chi connectivity index (χ4n) is 3.44. The maximum Gasteiger partial charge on any atom is 0.0422 e. The topological polar surface area (TPSA) is 12.0 Å². The average Bonchev–Trinajstić information content (AvgIpc) is 2.48. The molecule has 1 aliphatic carbocycles. The molecule has 19 heavy (non-hydrogen) atoms. The zero-order valence-corrected chi connectivity index (χ0v) is 11.7. The molecular formula is C18H23N. The van der Waals surface area contributed by atoms with Crippen LogP contribution >= 0.6 is 0 Å². The van der Waals surface area contributed by atoms with E-state index in [2.05, 4.69) is 54.7 Å². The van der Waals surface area contributed by atoms with E-state index in [-0.39, 0.29) is 0 Å². The zero-order chi connectivity index (χ0) is 13.1. The summed E-state index contributed by atoms with van der Waals surface area (Å²) >= 11 is 0. The van der Waals surface area contributed by atoms with Gasteiger partial charge in [-0.2, -0.15) is 0 Å². The Bertz CT molecular complexity index is 541. The summed E-state index contributed by atoms with van der Waals surface area (Å²) in [4.78, 5) is 0. The van der Waals surface area contributed by atoms with Gasteiger partial charge in [0.1, 0.15) is 0 Å². The zero-order valence-electron chi connectivity index (χ0n) is 11.7. The lowest BCUT2D eigenvalue weighted by molar-refractivity contribution is 0.317. The molecule has 0 bridgehead atoms. The Hall–Kier alpha value is -1.50. The molecule has 1 N–H and O–H groups in total. The molecule has 3 rings (SSSR count). The predicted octanol–water partition coefficient (Wildman–Crippen LogP) is 5.22. The normalized spacial score (nSPS) is 23.4. The summed E-state index contributed by atoms with van der Waals surface area (Å²) < 4.78 is 0. The van der Waals surface area contributed by atoms with Gasteiger partial charge < -0.3 is 5.32 Å². The Balaban J connectivity index is 1.88. The third-order valence-electron chi connectivity index (χ3n) is 4.56. The van der Waals surface area contributed by atoms with Crippen molar-refractivity contribution in [1.29, 1.82) is 0 Å². The van der Waals surface area contributed by atoms with Crippen molar-refractivity contribution in [3.8, 4) is 0 Å². The van der Waals surface area contributed by atoms with Crippen LogP contribution in [0.25, 0.3) is 10.8 Å². The van der Waals surface area contributed by atoms with Gasteiger partial charge in [0.2, 0.25) is 0 Å². The maximum absolute atomic E-state index is 3.82. The van der Waals surface area contributed by atoms with Crippen LogP contribution < -0.4 is 5.32 Å². The van der Waals surface area contributed by atoms with Crippen LogP contribution in [0.5, 0.6) is 0 Å². The van der Waals surface area contributed by atoms with Gasteiger partial charge >= 0.3 is 0 Å². The smallest absolute Gasteiger partial charge is 0.0422 e. The molecule has 100 valence electrons. The number of benzene rings is 2. The lowest BCUT2D eigenvalue weighted by Gasteiger charge is -2.32. The first-order valence-corrected chi connectivity index (χ1v) is 7.63. The van der Waals surface area contributed by atoms with Gasteiger partial charge in [-0.15, -0.1) is 0 Å². The highest BCUT2D eigenvalue weighted by atomic mass is 14.9. The van der Waals surface area contributed by atoms with E-state index in [1.165, 1.54) is 48.6 Å². The van der Waals surface area contributed by atoms with Gasteiger partial charge in [0.25, 0.3) is 0 Å². The van der Waals surface area contributed by atoms with Crippen molar-refractivity contribution in [2.45, 2.75) is 45.1 Å². The highest BCUT2D eigenvalue weighted by molar-refractivity contribution is 5.93. The van der Waals surface area contributed by atoms with Crippen molar-refractivity contribution in [3.63, 3.8) is 0 Å². The molecule has 1 aliphatic rings. The second-order valence-electron chi connectivity index (χ2n) is 5.73. The van der Waals surface area contributed by atoms with Gasteiger partial charge in [-0.05, 0) is 30.2 Å². The molecule has 0 amide bonds. The molecule has 0 aliphatic heterocycles. The van der Waals surface area contributed by atoms with Gasteiger partial charge in [0, 0.05) is 17.1 Å². The SMILES string of the molecule is CCC1CCCCC1Nc1cccc2ccccc12. The Morgan fingerprint density at radius 2 is 1.79 bits per heavy atom. The van der Waals surface area contributed by atoms with Gasteiger partial charge in [-0.1, -0.05) is 62.6 Å². The van der Waals surface area contributed by atoms with Crippen LogP contribution in [0.4, 0.5) is 5.69 Å². The van der Waals surface area contributed by atoms with Crippen molar-refractivity contribution in [2.75, 3.05) is 5.32 Å². The molecular weight excluding hydrogens is 230 g/mol. The summed E-state index contributed by atoms with van der Waals surface area (Å²) in [6, 6.07) is 15.9. The van der Waals surface area contributed by atoms with Crippen LogP contribution in [0.15, 0.2) is 42.5 Å². The summed E-state index contributed by atoms with van der Waals surface area (Å²) in [5.41, 5.74) is 1.31. The first-order chi connectivity index (χ1) is 9.38. The molecule has 0 heterocycles. The monoisotopic (exact) mass is 253 g/mol. The van der Waals surface area contributed by atoms with Gasteiger partial charge in [0.15, 0.2) is 0 Å². The summed E-state index contributed by atoms with van der Waals surface area (Å²) in [5, 5.41) is 6.51. The summed E-state index contributed by atoms with van der Waals surface area (Å²) in [6.07, 6.45) is 6.79. The maximum atomic E-state index is 3.82. The van der Waals surface area contributed by atoms with E-state index in [4.69, 9.17) is 0 Å². The molecule has 1 nitrogen and oxygen atoms in total. The summed E-state index contributed by atoms with van der Waals surface area (Å²) in [5.74, 6) is 0.840. The minimum Gasteiger partial charge on any atom is -0.382 e. The summed E-state index contributed by atoms with van der Waals surface area (Å²) in [6.45, 7) is 2.33. The number of fused-ring (bicyclic) bond motifs is 1. The quantitative estimate of drug-likeness (QED) is 0.790. The van der Waals surface area contributed by atoms with E-state index in [1.54, 1.807) is 0 Å². The lowest BCUT2D eigenvalue weighted by Crippen LogP contribution is -2.31. The fourth-order valence-corrected chi connectivity index (χ4v) is 3.44. The van der Waals surface area contributed by atoms with Gasteiger partial charge in [-0.25, -0.2) is 0 Å². The molecule has 0 spiro atoms. The van der Waals surface area contributed by atoms with E-state index in [1.807, 2.05) is 0 Å². The Labute approximate surface area is 116 Å². The van der Waals surface area contributed by atoms with Gasteiger partial charge in [-0.3, -0.25) is 0 Å². The molecule has 1 heteroatoms. The highest BCUT2D eigenvalue weighted by Crippen LogP contribution is 2.31. The predicted molar refractivity (Wildman–Crippen MR) is 83.6 cm³/mol. The molecule has 1 saturated carbocycles. The van der Waals surface area contributed by atoms with Crippen molar-refractivity contribution in [1.82, 2.24) is 0 Å². The van der Waals surface area contributed by atoms with Crippen LogP contribution in [0, 0.1) is 5.92 Å². The minimum atomic E-state index is 0.657. The molecule has 0 radical (unpaired) electrons. The molecule has 2 aromatic rings. The van der Waals surface area contributed by atoms with Crippen LogP contribution in [-0.2, 0) is 0 Å².